The van der Waals surface area contributed by atoms with E-state index in [-0.39, 0.29) is 11.2 Å². The lowest BCUT2D eigenvalue weighted by atomic mass is 9.46. The van der Waals surface area contributed by atoms with E-state index < -0.39 is 11.7 Å². The first kappa shape index (κ1) is 25.5. The molecule has 0 heterocycles. The van der Waals surface area contributed by atoms with Crippen LogP contribution in [-0.4, -0.2) is 15.8 Å². The van der Waals surface area contributed by atoms with Crippen molar-refractivity contribution in [2.75, 3.05) is 0 Å². The predicted octanol–water partition coefficient (Wildman–Crippen LogP) is 8.00. The number of hydrogen-bond acceptors (Lipinski definition) is 2. The second-order valence-corrected chi connectivity index (χ2v) is 13.4. The Labute approximate surface area is 212 Å². The number of fused-ring (bicyclic) bond motifs is 5. The van der Waals surface area contributed by atoms with E-state index in [2.05, 4.69) is 33.8 Å². The van der Waals surface area contributed by atoms with E-state index >= 15 is 0 Å². The summed E-state index contributed by atoms with van der Waals surface area (Å²) < 4.78 is 13.3. The topological polar surface area (TPSA) is 40.5 Å². The summed E-state index contributed by atoms with van der Waals surface area (Å²) in [4.78, 5) is 0. The highest BCUT2D eigenvalue weighted by Crippen LogP contribution is 2.67. The average Bonchev–Trinajstić information content (AvgIpc) is 3.20. The third-order valence-corrected chi connectivity index (χ3v) is 11.8. The van der Waals surface area contributed by atoms with E-state index in [4.69, 9.17) is 0 Å². The van der Waals surface area contributed by atoms with Crippen molar-refractivity contribution in [3.8, 4) is 0 Å². The van der Waals surface area contributed by atoms with Crippen LogP contribution in [0.1, 0.15) is 110 Å². The molecule has 4 aliphatic rings. The zero-order valence-electron chi connectivity index (χ0n) is 22.4. The van der Waals surface area contributed by atoms with Gasteiger partial charge < -0.3 is 10.2 Å². The third kappa shape index (κ3) is 4.33. The molecule has 0 radical (unpaired) electrons. The molecule has 1 aromatic carbocycles. The van der Waals surface area contributed by atoms with Crippen LogP contribution in [0.5, 0.6) is 0 Å². The summed E-state index contributed by atoms with van der Waals surface area (Å²) in [5.74, 6) is 3.44. The Balaban J connectivity index is 1.27. The maximum absolute atomic E-state index is 13.3. The van der Waals surface area contributed by atoms with Gasteiger partial charge in [-0.15, -0.1) is 0 Å². The maximum Gasteiger partial charge on any atom is 0.123 e. The van der Waals surface area contributed by atoms with Crippen molar-refractivity contribution in [3.63, 3.8) is 0 Å². The molecule has 3 heteroatoms. The molecule has 0 unspecified atom stereocenters. The molecule has 0 amide bonds. The Morgan fingerprint density at radius 3 is 2.46 bits per heavy atom. The second-order valence-electron chi connectivity index (χ2n) is 13.4. The number of aliphatic hydroxyl groups excluding tert-OH is 1. The Morgan fingerprint density at radius 1 is 1.00 bits per heavy atom. The molecule has 4 aliphatic carbocycles. The SMILES string of the molecule is CC[C@]1(O)CC[C@@]2(C)C(=CC[C@H]3[C@@H]4CC[C@H]([C@H](C)CC[C@H](O)c5ccc(F)cc5)[C@@]4(C)CC[C@@H]32)C1. The first-order valence-corrected chi connectivity index (χ1v) is 14.4. The highest BCUT2D eigenvalue weighted by atomic mass is 19.1. The summed E-state index contributed by atoms with van der Waals surface area (Å²) >= 11 is 0. The molecule has 35 heavy (non-hydrogen) atoms. The molecular weight excluding hydrogens is 435 g/mol. The Bertz CT molecular complexity index is 939. The molecule has 5 rings (SSSR count). The van der Waals surface area contributed by atoms with E-state index in [9.17, 15) is 14.6 Å². The van der Waals surface area contributed by atoms with Crippen molar-refractivity contribution in [2.24, 2.45) is 40.4 Å². The normalized spacial score (nSPS) is 42.4. The molecule has 194 valence electrons. The summed E-state index contributed by atoms with van der Waals surface area (Å²) in [5.41, 5.74) is 2.61. The zero-order chi connectivity index (χ0) is 25.0. The number of rotatable bonds is 6. The maximum atomic E-state index is 13.3. The Hall–Kier alpha value is -1.19. The van der Waals surface area contributed by atoms with Crippen molar-refractivity contribution in [1.82, 2.24) is 0 Å². The standard InChI is InChI=1S/C32H47FO2/c1-5-32(35)19-18-30(3)23(20-32)9-12-25-27-14-13-26(31(27,4)17-16-28(25)30)21(2)6-15-29(34)22-7-10-24(33)11-8-22/h7-11,21,25-29,34-35H,5-6,12-20H2,1-4H3/t21-,25+,26-,27+,28+,29+,30+,31-,32+/m1/s1. The quantitative estimate of drug-likeness (QED) is 0.403. The molecular formula is C32H47FO2. The van der Waals surface area contributed by atoms with Crippen LogP contribution in [0.2, 0.25) is 0 Å². The fourth-order valence-corrected chi connectivity index (χ4v) is 9.46. The molecule has 3 fully saturated rings. The van der Waals surface area contributed by atoms with Crippen molar-refractivity contribution in [2.45, 2.75) is 110 Å². The van der Waals surface area contributed by atoms with Crippen LogP contribution in [0.3, 0.4) is 0 Å². The third-order valence-electron chi connectivity index (χ3n) is 11.8. The van der Waals surface area contributed by atoms with Gasteiger partial charge in [-0.05, 0) is 129 Å². The molecule has 0 aromatic heterocycles. The molecule has 0 saturated heterocycles. The number of allylic oxidation sites excluding steroid dienone is 1. The van der Waals surface area contributed by atoms with Crippen LogP contribution in [0.25, 0.3) is 0 Å². The molecule has 0 spiro atoms. The van der Waals surface area contributed by atoms with Crippen molar-refractivity contribution < 1.29 is 14.6 Å². The van der Waals surface area contributed by atoms with Crippen LogP contribution >= 0.6 is 0 Å². The van der Waals surface area contributed by atoms with Crippen molar-refractivity contribution in [3.05, 3.63) is 47.3 Å². The van der Waals surface area contributed by atoms with Crippen LogP contribution < -0.4 is 0 Å². The van der Waals surface area contributed by atoms with Gasteiger partial charge in [-0.1, -0.05) is 51.5 Å². The van der Waals surface area contributed by atoms with Gasteiger partial charge in [0.25, 0.3) is 0 Å². The van der Waals surface area contributed by atoms with Gasteiger partial charge in [0.15, 0.2) is 0 Å². The molecule has 9 atom stereocenters. The van der Waals surface area contributed by atoms with E-state index in [1.807, 2.05) is 0 Å². The number of benzene rings is 1. The van der Waals surface area contributed by atoms with Gasteiger partial charge in [0.2, 0.25) is 0 Å². The predicted molar refractivity (Wildman–Crippen MR) is 140 cm³/mol. The van der Waals surface area contributed by atoms with Gasteiger partial charge in [0.1, 0.15) is 5.82 Å². The number of aliphatic hydroxyl groups is 2. The van der Waals surface area contributed by atoms with Gasteiger partial charge in [0, 0.05) is 0 Å². The largest absolute Gasteiger partial charge is 0.390 e. The monoisotopic (exact) mass is 482 g/mol. The van der Waals surface area contributed by atoms with Crippen molar-refractivity contribution >= 4 is 0 Å². The van der Waals surface area contributed by atoms with Gasteiger partial charge in [0.05, 0.1) is 11.7 Å². The van der Waals surface area contributed by atoms with Gasteiger partial charge in [-0.3, -0.25) is 0 Å². The van der Waals surface area contributed by atoms with E-state index in [1.165, 1.54) is 44.2 Å². The fourth-order valence-electron chi connectivity index (χ4n) is 9.46. The minimum Gasteiger partial charge on any atom is -0.390 e. The van der Waals surface area contributed by atoms with E-state index in [0.717, 1.165) is 67.8 Å². The smallest absolute Gasteiger partial charge is 0.123 e. The average molecular weight is 483 g/mol. The second kappa shape index (κ2) is 9.28. The molecule has 3 saturated carbocycles. The lowest BCUT2D eigenvalue weighted by Crippen LogP contribution is -2.52. The summed E-state index contributed by atoms with van der Waals surface area (Å²) in [7, 11) is 0. The molecule has 2 N–H and O–H groups in total. The van der Waals surface area contributed by atoms with Crippen LogP contribution in [-0.2, 0) is 0 Å². The Kier molecular flexibility index (Phi) is 6.75. The van der Waals surface area contributed by atoms with E-state index in [0.29, 0.717) is 11.3 Å². The lowest BCUT2D eigenvalue weighted by molar-refractivity contribution is -0.0757. The Morgan fingerprint density at radius 2 is 1.74 bits per heavy atom. The lowest BCUT2D eigenvalue weighted by Gasteiger charge is -2.59. The highest BCUT2D eigenvalue weighted by molar-refractivity contribution is 5.27. The van der Waals surface area contributed by atoms with Gasteiger partial charge >= 0.3 is 0 Å². The minimum atomic E-state index is -0.506. The van der Waals surface area contributed by atoms with E-state index in [1.54, 1.807) is 17.7 Å². The van der Waals surface area contributed by atoms with Crippen LogP contribution in [0.4, 0.5) is 4.39 Å². The van der Waals surface area contributed by atoms with Crippen LogP contribution in [0, 0.1) is 46.2 Å². The number of hydrogen-bond donors (Lipinski definition) is 2. The van der Waals surface area contributed by atoms with Crippen LogP contribution in [0.15, 0.2) is 35.9 Å². The zero-order valence-corrected chi connectivity index (χ0v) is 22.4. The molecule has 0 aliphatic heterocycles. The molecule has 2 nitrogen and oxygen atoms in total. The molecule has 1 aromatic rings. The first-order chi connectivity index (χ1) is 16.6. The fraction of sp³-hybridized carbons (Fsp3) is 0.750. The summed E-state index contributed by atoms with van der Waals surface area (Å²) in [5, 5.41) is 21.7. The van der Waals surface area contributed by atoms with Crippen molar-refractivity contribution in [1.29, 1.82) is 0 Å². The summed E-state index contributed by atoms with van der Waals surface area (Å²) in [6.07, 6.45) is 14.2. The highest BCUT2D eigenvalue weighted by Gasteiger charge is 2.59. The summed E-state index contributed by atoms with van der Waals surface area (Å²) in [6.45, 7) is 9.67. The number of halogens is 1. The van der Waals surface area contributed by atoms with Gasteiger partial charge in [-0.25, -0.2) is 4.39 Å². The molecule has 0 bridgehead atoms. The minimum absolute atomic E-state index is 0.248. The first-order valence-electron chi connectivity index (χ1n) is 14.4. The summed E-state index contributed by atoms with van der Waals surface area (Å²) in [6, 6.07) is 6.33. The van der Waals surface area contributed by atoms with Gasteiger partial charge in [-0.2, -0.15) is 0 Å².